The fourth-order valence-electron chi connectivity index (χ4n) is 5.57. The molecule has 1 aromatic heterocycles. The van der Waals surface area contributed by atoms with Crippen LogP contribution in [0.5, 0.6) is 5.75 Å². The van der Waals surface area contributed by atoms with Crippen molar-refractivity contribution in [3.63, 3.8) is 0 Å². The van der Waals surface area contributed by atoms with Crippen LogP contribution in [0.25, 0.3) is 32.6 Å². The fourth-order valence-corrected chi connectivity index (χ4v) is 5.57. The summed E-state index contributed by atoms with van der Waals surface area (Å²) >= 11 is 0. The second-order valence-electron chi connectivity index (χ2n) is 9.77. The van der Waals surface area contributed by atoms with E-state index in [9.17, 15) is 5.11 Å². The molecule has 0 amide bonds. The van der Waals surface area contributed by atoms with Gasteiger partial charge in [-0.05, 0) is 23.6 Å². The minimum Gasteiger partial charge on any atom is -0.492 e. The minimum atomic E-state index is -0.412. The number of fused-ring (bicyclic) bond motifs is 4. The maximum Gasteiger partial charge on any atom is 0.127 e. The van der Waals surface area contributed by atoms with Crippen LogP contribution >= 0.6 is 0 Å². The van der Waals surface area contributed by atoms with Gasteiger partial charge in [-0.3, -0.25) is 9.80 Å². The predicted octanol–water partition coefficient (Wildman–Crippen LogP) is 5.01. The monoisotopic (exact) mass is 479 g/mol. The van der Waals surface area contributed by atoms with Crippen molar-refractivity contribution in [3.8, 4) is 5.75 Å². The van der Waals surface area contributed by atoms with E-state index < -0.39 is 6.10 Å². The van der Waals surface area contributed by atoms with Gasteiger partial charge in [0.1, 0.15) is 12.4 Å². The summed E-state index contributed by atoms with van der Waals surface area (Å²) in [6.45, 7) is 6.85. The first-order valence-corrected chi connectivity index (χ1v) is 13.0. The summed E-state index contributed by atoms with van der Waals surface area (Å²) in [4.78, 5) is 4.85. The number of aromatic nitrogens is 1. The van der Waals surface area contributed by atoms with E-state index in [1.807, 2.05) is 0 Å². The van der Waals surface area contributed by atoms with Gasteiger partial charge in [0, 0.05) is 66.5 Å². The highest BCUT2D eigenvalue weighted by molar-refractivity contribution is 6.07. The lowest BCUT2D eigenvalue weighted by atomic mass is 10.1. The van der Waals surface area contributed by atoms with Crippen LogP contribution in [-0.2, 0) is 6.54 Å². The molecule has 0 radical (unpaired) electrons. The molecule has 0 aliphatic carbocycles. The topological polar surface area (TPSA) is 40.9 Å². The zero-order valence-electron chi connectivity index (χ0n) is 20.6. The minimum absolute atomic E-state index is 0.412. The van der Waals surface area contributed by atoms with Gasteiger partial charge in [-0.25, -0.2) is 0 Å². The van der Waals surface area contributed by atoms with E-state index in [1.165, 1.54) is 32.6 Å². The second-order valence-corrected chi connectivity index (χ2v) is 9.77. The van der Waals surface area contributed by atoms with Gasteiger partial charge >= 0.3 is 0 Å². The molecular weight excluding hydrogens is 446 g/mol. The lowest BCUT2D eigenvalue weighted by Crippen LogP contribution is -2.49. The number of β-amino-alcohol motifs (C(OH)–C–C–N with tert-alkyl or cyclic N) is 1. The molecule has 36 heavy (non-hydrogen) atoms. The molecule has 1 fully saturated rings. The summed E-state index contributed by atoms with van der Waals surface area (Å²) in [6, 6.07) is 31.6. The molecule has 1 unspecified atom stereocenters. The number of benzene rings is 4. The van der Waals surface area contributed by atoms with Crippen molar-refractivity contribution >= 4 is 32.6 Å². The predicted molar refractivity (Wildman–Crippen MR) is 148 cm³/mol. The fraction of sp³-hybridized carbons (Fsp3) is 0.290. The first-order valence-electron chi connectivity index (χ1n) is 13.0. The van der Waals surface area contributed by atoms with E-state index in [0.29, 0.717) is 19.7 Å². The number of nitrogens with zero attached hydrogens (tertiary/aromatic N) is 3. The summed E-state index contributed by atoms with van der Waals surface area (Å²) in [7, 11) is 0. The summed E-state index contributed by atoms with van der Waals surface area (Å²) in [6.07, 6.45) is -0.412. The third-order valence-electron chi connectivity index (χ3n) is 7.42. The maximum absolute atomic E-state index is 11.0. The summed E-state index contributed by atoms with van der Waals surface area (Å²) < 4.78 is 8.42. The molecule has 4 aromatic carbocycles. The Hall–Kier alpha value is -3.38. The number of ether oxygens (including phenoxy) is 1. The van der Waals surface area contributed by atoms with Crippen LogP contribution in [0.2, 0.25) is 0 Å². The van der Waals surface area contributed by atoms with Gasteiger partial charge in [0.2, 0.25) is 0 Å². The summed E-state index contributed by atoms with van der Waals surface area (Å²) in [5.74, 6) is 0.958. The highest BCUT2D eigenvalue weighted by atomic mass is 16.5. The Kier molecular flexibility index (Phi) is 6.60. The van der Waals surface area contributed by atoms with E-state index in [2.05, 4.69) is 105 Å². The molecule has 1 aliphatic rings. The number of para-hydroxylation sites is 2. The zero-order valence-corrected chi connectivity index (χ0v) is 20.6. The number of piperazine rings is 1. The Morgan fingerprint density at radius 2 is 1.22 bits per heavy atom. The molecule has 2 heterocycles. The number of hydrogen-bond donors (Lipinski definition) is 1. The Balaban J connectivity index is 1.01. The van der Waals surface area contributed by atoms with Crippen molar-refractivity contribution in [2.75, 3.05) is 45.9 Å². The standard InChI is InChI=1S/C31H33N3O2/c35-25(23-34-29-13-5-3-11-27(29)28-12-4-6-14-30(28)34)22-33-18-16-32(17-19-33)20-21-36-31-15-7-9-24-8-1-2-10-26(24)31/h1-15,25,35H,16-23H2. The molecule has 1 saturated heterocycles. The maximum atomic E-state index is 11.0. The first kappa shape index (κ1) is 23.0. The van der Waals surface area contributed by atoms with Gasteiger partial charge < -0.3 is 14.4 Å². The van der Waals surface area contributed by atoms with Crippen molar-refractivity contribution < 1.29 is 9.84 Å². The molecular formula is C31H33N3O2. The van der Waals surface area contributed by atoms with Gasteiger partial charge in [0.15, 0.2) is 0 Å². The molecule has 1 atom stereocenters. The van der Waals surface area contributed by atoms with Crippen molar-refractivity contribution in [3.05, 3.63) is 91.0 Å². The van der Waals surface area contributed by atoms with Crippen molar-refractivity contribution in [2.45, 2.75) is 12.6 Å². The second kappa shape index (κ2) is 10.3. The molecule has 0 saturated carbocycles. The van der Waals surface area contributed by atoms with Crippen LogP contribution in [0.15, 0.2) is 91.0 Å². The van der Waals surface area contributed by atoms with Crippen molar-refractivity contribution in [1.82, 2.24) is 14.4 Å². The Morgan fingerprint density at radius 3 is 1.94 bits per heavy atom. The molecule has 0 bridgehead atoms. The van der Waals surface area contributed by atoms with Crippen LogP contribution in [0, 0.1) is 0 Å². The number of hydrogen-bond acceptors (Lipinski definition) is 4. The number of rotatable bonds is 8. The first-order chi connectivity index (χ1) is 17.8. The zero-order chi connectivity index (χ0) is 24.3. The highest BCUT2D eigenvalue weighted by Crippen LogP contribution is 2.29. The molecule has 5 heteroatoms. The SMILES string of the molecule is OC(CN1CCN(CCOc2cccc3ccccc23)CC1)Cn1c2ccccc2c2ccccc21. The van der Waals surface area contributed by atoms with Crippen molar-refractivity contribution in [2.24, 2.45) is 0 Å². The average Bonchev–Trinajstić information content (AvgIpc) is 3.23. The molecule has 5 nitrogen and oxygen atoms in total. The molecule has 0 spiro atoms. The lowest BCUT2D eigenvalue weighted by molar-refractivity contribution is 0.0614. The van der Waals surface area contributed by atoms with Crippen LogP contribution in [0.3, 0.4) is 0 Å². The van der Waals surface area contributed by atoms with E-state index in [4.69, 9.17) is 4.74 Å². The van der Waals surface area contributed by atoms with Crippen LogP contribution in [0.1, 0.15) is 0 Å². The van der Waals surface area contributed by atoms with E-state index in [1.54, 1.807) is 0 Å². The van der Waals surface area contributed by atoms with E-state index >= 15 is 0 Å². The van der Waals surface area contributed by atoms with E-state index in [0.717, 1.165) is 38.5 Å². The Labute approximate surface area is 212 Å². The summed E-state index contributed by atoms with van der Waals surface area (Å²) in [5, 5.41) is 15.9. The lowest BCUT2D eigenvalue weighted by Gasteiger charge is -2.35. The van der Waals surface area contributed by atoms with E-state index in [-0.39, 0.29) is 0 Å². The van der Waals surface area contributed by atoms with Gasteiger partial charge in [-0.1, -0.05) is 72.8 Å². The quantitative estimate of drug-likeness (QED) is 0.340. The largest absolute Gasteiger partial charge is 0.492 e. The van der Waals surface area contributed by atoms with Gasteiger partial charge in [-0.2, -0.15) is 0 Å². The summed E-state index contributed by atoms with van der Waals surface area (Å²) in [5.41, 5.74) is 2.38. The van der Waals surface area contributed by atoms with Gasteiger partial charge in [-0.15, -0.1) is 0 Å². The molecule has 6 rings (SSSR count). The third-order valence-corrected chi connectivity index (χ3v) is 7.42. The smallest absolute Gasteiger partial charge is 0.127 e. The number of aliphatic hydroxyl groups is 1. The van der Waals surface area contributed by atoms with Crippen LogP contribution < -0.4 is 4.74 Å². The Bertz CT molecular complexity index is 1410. The van der Waals surface area contributed by atoms with Crippen molar-refractivity contribution in [1.29, 1.82) is 0 Å². The normalized spacial score (nSPS) is 16.1. The molecule has 1 aliphatic heterocycles. The molecule has 184 valence electrons. The third kappa shape index (κ3) is 4.70. The highest BCUT2D eigenvalue weighted by Gasteiger charge is 2.20. The van der Waals surface area contributed by atoms with Crippen LogP contribution in [-0.4, -0.2) is 71.5 Å². The number of aliphatic hydroxyl groups excluding tert-OH is 1. The average molecular weight is 480 g/mol. The molecule has 5 aromatic rings. The van der Waals surface area contributed by atoms with Gasteiger partial charge in [0.25, 0.3) is 0 Å². The van der Waals surface area contributed by atoms with Gasteiger partial charge in [0.05, 0.1) is 12.6 Å². The van der Waals surface area contributed by atoms with Crippen LogP contribution in [0.4, 0.5) is 0 Å². The molecule has 1 N–H and O–H groups in total. The Morgan fingerprint density at radius 1 is 0.639 bits per heavy atom.